The van der Waals surface area contributed by atoms with E-state index >= 15 is 0 Å². The van der Waals surface area contributed by atoms with Crippen LogP contribution in [0.3, 0.4) is 0 Å². The van der Waals surface area contributed by atoms with Crippen LogP contribution in [-0.2, 0) is 10.0 Å². The standard InChI is InChI=1S/C13H10F3NO2S2/c1-20-13-10(15)6-7-11(12(13)16)17-21(18,19)9-4-2-8(14)3-5-9/h2-7,17H,1H3. The Bertz CT molecular complexity index is 762. The van der Waals surface area contributed by atoms with Gasteiger partial charge in [0.15, 0.2) is 5.82 Å². The lowest BCUT2D eigenvalue weighted by atomic mass is 10.3. The van der Waals surface area contributed by atoms with Crippen molar-refractivity contribution in [2.45, 2.75) is 9.79 Å². The first-order valence-electron chi connectivity index (χ1n) is 5.65. The van der Waals surface area contributed by atoms with E-state index in [9.17, 15) is 21.6 Å². The van der Waals surface area contributed by atoms with Gasteiger partial charge in [0.25, 0.3) is 10.0 Å². The molecule has 0 bridgehead atoms. The average molecular weight is 333 g/mol. The van der Waals surface area contributed by atoms with Crippen LogP contribution in [0.25, 0.3) is 0 Å². The van der Waals surface area contributed by atoms with Crippen molar-refractivity contribution >= 4 is 27.5 Å². The zero-order valence-electron chi connectivity index (χ0n) is 10.7. The zero-order valence-corrected chi connectivity index (χ0v) is 12.4. The molecular weight excluding hydrogens is 323 g/mol. The molecule has 0 aromatic heterocycles. The van der Waals surface area contributed by atoms with Gasteiger partial charge < -0.3 is 0 Å². The van der Waals surface area contributed by atoms with Crippen LogP contribution in [0.15, 0.2) is 46.2 Å². The van der Waals surface area contributed by atoms with Crippen molar-refractivity contribution in [2.24, 2.45) is 0 Å². The maximum absolute atomic E-state index is 14.0. The number of thioether (sulfide) groups is 1. The van der Waals surface area contributed by atoms with E-state index in [4.69, 9.17) is 0 Å². The topological polar surface area (TPSA) is 46.2 Å². The minimum atomic E-state index is -4.08. The van der Waals surface area contributed by atoms with E-state index in [1.165, 1.54) is 6.26 Å². The first-order valence-corrected chi connectivity index (χ1v) is 8.36. The van der Waals surface area contributed by atoms with E-state index in [0.29, 0.717) is 0 Å². The van der Waals surface area contributed by atoms with Crippen molar-refractivity contribution in [2.75, 3.05) is 11.0 Å². The highest BCUT2D eigenvalue weighted by molar-refractivity contribution is 7.98. The molecule has 0 saturated carbocycles. The van der Waals surface area contributed by atoms with Gasteiger partial charge in [-0.3, -0.25) is 4.72 Å². The largest absolute Gasteiger partial charge is 0.277 e. The summed E-state index contributed by atoms with van der Waals surface area (Å²) in [5.41, 5.74) is -0.370. The summed E-state index contributed by atoms with van der Waals surface area (Å²) in [6.07, 6.45) is 1.47. The minimum Gasteiger partial charge on any atom is -0.277 e. The van der Waals surface area contributed by atoms with Crippen LogP contribution in [0.2, 0.25) is 0 Å². The van der Waals surface area contributed by atoms with Crippen molar-refractivity contribution in [3.8, 4) is 0 Å². The van der Waals surface area contributed by atoms with Gasteiger partial charge in [-0.1, -0.05) is 0 Å². The highest BCUT2D eigenvalue weighted by Crippen LogP contribution is 2.29. The molecule has 2 aromatic carbocycles. The van der Waals surface area contributed by atoms with E-state index in [2.05, 4.69) is 0 Å². The molecule has 0 amide bonds. The third-order valence-corrected chi connectivity index (χ3v) is 4.79. The van der Waals surface area contributed by atoms with Gasteiger partial charge in [-0.05, 0) is 42.7 Å². The molecule has 8 heteroatoms. The molecule has 21 heavy (non-hydrogen) atoms. The number of anilines is 1. The molecule has 0 aliphatic heterocycles. The number of sulfonamides is 1. The molecule has 0 fully saturated rings. The predicted molar refractivity (Wildman–Crippen MR) is 75.3 cm³/mol. The summed E-state index contributed by atoms with van der Waals surface area (Å²) in [6.45, 7) is 0. The zero-order chi connectivity index (χ0) is 15.6. The van der Waals surface area contributed by atoms with Crippen LogP contribution >= 0.6 is 11.8 Å². The molecule has 0 aliphatic rings. The monoisotopic (exact) mass is 333 g/mol. The van der Waals surface area contributed by atoms with Gasteiger partial charge in [-0.2, -0.15) is 0 Å². The fourth-order valence-electron chi connectivity index (χ4n) is 1.62. The number of halogens is 3. The smallest absolute Gasteiger partial charge is 0.261 e. The van der Waals surface area contributed by atoms with Gasteiger partial charge in [0, 0.05) is 0 Å². The van der Waals surface area contributed by atoms with E-state index in [-0.39, 0.29) is 15.5 Å². The van der Waals surface area contributed by atoms with Crippen molar-refractivity contribution in [1.82, 2.24) is 0 Å². The molecule has 2 aromatic rings. The Morgan fingerprint density at radius 3 is 2.19 bits per heavy atom. The van der Waals surface area contributed by atoms with Crippen LogP contribution < -0.4 is 4.72 Å². The highest BCUT2D eigenvalue weighted by atomic mass is 32.2. The Labute approximate surface area is 124 Å². The van der Waals surface area contributed by atoms with Gasteiger partial charge in [0.1, 0.15) is 11.6 Å². The number of rotatable bonds is 4. The van der Waals surface area contributed by atoms with E-state index in [0.717, 1.165) is 48.2 Å². The molecule has 0 heterocycles. The summed E-state index contributed by atoms with van der Waals surface area (Å²) >= 11 is 0.826. The maximum atomic E-state index is 14.0. The molecule has 0 atom stereocenters. The van der Waals surface area contributed by atoms with Gasteiger partial charge in [-0.15, -0.1) is 11.8 Å². The lowest BCUT2D eigenvalue weighted by molar-refractivity contribution is 0.543. The van der Waals surface area contributed by atoms with E-state index in [1.807, 2.05) is 4.72 Å². The molecular formula is C13H10F3NO2S2. The molecule has 3 nitrogen and oxygen atoms in total. The summed E-state index contributed by atoms with van der Waals surface area (Å²) in [5, 5.41) is 0. The molecule has 112 valence electrons. The van der Waals surface area contributed by atoms with Gasteiger partial charge in [0.2, 0.25) is 0 Å². The second-order valence-electron chi connectivity index (χ2n) is 4.00. The number of benzene rings is 2. The molecule has 1 N–H and O–H groups in total. The highest BCUT2D eigenvalue weighted by Gasteiger charge is 2.19. The van der Waals surface area contributed by atoms with Crippen molar-refractivity contribution in [1.29, 1.82) is 0 Å². The summed E-state index contributed by atoms with van der Waals surface area (Å²) in [5.74, 6) is -2.36. The molecule has 0 radical (unpaired) electrons. The minimum absolute atomic E-state index is 0.224. The predicted octanol–water partition coefficient (Wildman–Crippen LogP) is 3.63. The molecule has 0 unspecified atom stereocenters. The van der Waals surface area contributed by atoms with Crippen molar-refractivity contribution in [3.63, 3.8) is 0 Å². The van der Waals surface area contributed by atoms with Crippen LogP contribution in [-0.4, -0.2) is 14.7 Å². The van der Waals surface area contributed by atoms with Gasteiger partial charge in [-0.25, -0.2) is 21.6 Å². The molecule has 2 rings (SSSR count). The summed E-state index contributed by atoms with van der Waals surface area (Å²) < 4.78 is 66.3. The first kappa shape index (κ1) is 15.7. The van der Waals surface area contributed by atoms with Crippen LogP contribution in [0.4, 0.5) is 18.9 Å². The lowest BCUT2D eigenvalue weighted by Crippen LogP contribution is -2.14. The lowest BCUT2D eigenvalue weighted by Gasteiger charge is -2.11. The molecule has 0 saturated heterocycles. The number of nitrogens with one attached hydrogen (secondary N) is 1. The Hall–Kier alpha value is -1.67. The average Bonchev–Trinajstić information content (AvgIpc) is 2.43. The van der Waals surface area contributed by atoms with Gasteiger partial charge >= 0.3 is 0 Å². The second-order valence-corrected chi connectivity index (χ2v) is 6.50. The number of hydrogen-bond acceptors (Lipinski definition) is 3. The van der Waals surface area contributed by atoms with E-state index in [1.54, 1.807) is 0 Å². The Morgan fingerprint density at radius 1 is 1.00 bits per heavy atom. The second kappa shape index (κ2) is 5.98. The van der Waals surface area contributed by atoms with E-state index < -0.39 is 27.5 Å². The Balaban J connectivity index is 2.39. The van der Waals surface area contributed by atoms with Gasteiger partial charge in [0.05, 0.1) is 15.5 Å². The number of hydrogen-bond donors (Lipinski definition) is 1. The first-order chi connectivity index (χ1) is 9.85. The Kier molecular flexibility index (Phi) is 4.48. The Morgan fingerprint density at radius 2 is 1.62 bits per heavy atom. The summed E-state index contributed by atoms with van der Waals surface area (Å²) in [7, 11) is -4.08. The third kappa shape index (κ3) is 3.33. The fraction of sp³-hybridized carbons (Fsp3) is 0.0769. The third-order valence-electron chi connectivity index (χ3n) is 2.62. The quantitative estimate of drug-likeness (QED) is 0.869. The van der Waals surface area contributed by atoms with Crippen LogP contribution in [0.5, 0.6) is 0 Å². The summed E-state index contributed by atoms with van der Waals surface area (Å²) in [4.78, 5) is -0.507. The van der Waals surface area contributed by atoms with Crippen LogP contribution in [0.1, 0.15) is 0 Å². The van der Waals surface area contributed by atoms with Crippen LogP contribution in [0, 0.1) is 17.5 Å². The van der Waals surface area contributed by atoms with Crippen molar-refractivity contribution in [3.05, 3.63) is 53.8 Å². The van der Waals surface area contributed by atoms with Crippen molar-refractivity contribution < 1.29 is 21.6 Å². The maximum Gasteiger partial charge on any atom is 0.261 e. The fourth-order valence-corrected chi connectivity index (χ4v) is 3.23. The molecule has 0 aliphatic carbocycles. The normalized spacial score (nSPS) is 11.4. The summed E-state index contributed by atoms with van der Waals surface area (Å²) in [6, 6.07) is 6.01. The SMILES string of the molecule is CSc1c(F)ccc(NS(=O)(=O)c2ccc(F)cc2)c1F. The molecule has 0 spiro atoms.